The zero-order chi connectivity index (χ0) is 24.3. The van der Waals surface area contributed by atoms with Gasteiger partial charge in [-0.05, 0) is 60.9 Å². The highest BCUT2D eigenvalue weighted by molar-refractivity contribution is 7.91. The monoisotopic (exact) mass is 509 g/mol. The average molecular weight is 510 g/mol. The van der Waals surface area contributed by atoms with Crippen molar-refractivity contribution in [3.8, 4) is 16.9 Å². The number of nitrogens with zero attached hydrogens (tertiary/aromatic N) is 3. The normalized spacial score (nSPS) is 20.9. The van der Waals surface area contributed by atoms with Gasteiger partial charge < -0.3 is 4.90 Å². The highest BCUT2D eigenvalue weighted by Crippen LogP contribution is 2.36. The van der Waals surface area contributed by atoms with Crippen molar-refractivity contribution in [2.45, 2.75) is 12.5 Å². The van der Waals surface area contributed by atoms with Gasteiger partial charge in [0.25, 0.3) is 5.91 Å². The quantitative estimate of drug-likeness (QED) is 0.400. The molecular formula is C26H21ClFN3O3S. The van der Waals surface area contributed by atoms with Crippen molar-refractivity contribution in [3.05, 3.63) is 83.1 Å². The van der Waals surface area contributed by atoms with Gasteiger partial charge in [0, 0.05) is 29.1 Å². The molecule has 2 atom stereocenters. The number of sulfone groups is 1. The minimum Gasteiger partial charge on any atom is -0.334 e. The lowest BCUT2D eigenvalue weighted by Gasteiger charge is -2.24. The van der Waals surface area contributed by atoms with Gasteiger partial charge in [0.1, 0.15) is 11.5 Å². The summed E-state index contributed by atoms with van der Waals surface area (Å²) in [5, 5.41) is 6.13. The zero-order valence-electron chi connectivity index (χ0n) is 18.6. The Hall–Kier alpha value is -3.23. The maximum absolute atomic E-state index is 13.6. The van der Waals surface area contributed by atoms with E-state index in [0.717, 1.165) is 17.4 Å². The first-order chi connectivity index (χ1) is 16.8. The minimum absolute atomic E-state index is 0.0111. The molecule has 0 radical (unpaired) electrons. The fraction of sp³-hybridized carbons (Fsp3) is 0.231. The lowest BCUT2D eigenvalue weighted by atomic mass is 10.1. The Bertz CT molecular complexity index is 1580. The maximum Gasteiger partial charge on any atom is 0.254 e. The topological polar surface area (TPSA) is 72.3 Å². The fourth-order valence-electron chi connectivity index (χ4n) is 5.31. The summed E-state index contributed by atoms with van der Waals surface area (Å²) in [6, 6.07) is 18.4. The van der Waals surface area contributed by atoms with Crippen LogP contribution in [-0.4, -0.2) is 53.1 Å². The van der Waals surface area contributed by atoms with E-state index in [2.05, 4.69) is 0 Å². The molecule has 2 fully saturated rings. The molecule has 0 saturated carbocycles. The van der Waals surface area contributed by atoms with Crippen molar-refractivity contribution in [2.24, 2.45) is 5.92 Å². The predicted octanol–water partition coefficient (Wildman–Crippen LogP) is 4.74. The van der Waals surface area contributed by atoms with Crippen LogP contribution in [0.2, 0.25) is 5.02 Å². The van der Waals surface area contributed by atoms with Crippen LogP contribution in [0.3, 0.4) is 0 Å². The molecule has 2 aliphatic heterocycles. The van der Waals surface area contributed by atoms with Gasteiger partial charge in [-0.3, -0.25) is 4.79 Å². The third-order valence-electron chi connectivity index (χ3n) is 6.83. The van der Waals surface area contributed by atoms with Gasteiger partial charge in [-0.2, -0.15) is 5.10 Å². The van der Waals surface area contributed by atoms with E-state index in [9.17, 15) is 17.6 Å². The molecule has 3 heterocycles. The summed E-state index contributed by atoms with van der Waals surface area (Å²) >= 11 is 6.47. The Morgan fingerprint density at radius 1 is 1.03 bits per heavy atom. The lowest BCUT2D eigenvalue weighted by Crippen LogP contribution is -2.39. The largest absolute Gasteiger partial charge is 0.334 e. The number of halogens is 2. The number of hydrogen-bond acceptors (Lipinski definition) is 4. The first kappa shape index (κ1) is 22.2. The van der Waals surface area contributed by atoms with Crippen LogP contribution >= 0.6 is 11.6 Å². The van der Waals surface area contributed by atoms with Crippen LogP contribution in [0.1, 0.15) is 16.8 Å². The standard InChI is InChI=1S/C26H21ClFN3O3S/c27-23-4-2-1-3-21(23)25-22-10-5-17(12-24(22)31(29-25)19-8-6-18(28)7-9-19)26(32)30-13-16-11-20(30)15-35(33,34)14-16/h1-10,12,16,20H,11,13-15H2. The van der Waals surface area contributed by atoms with E-state index >= 15 is 0 Å². The van der Waals surface area contributed by atoms with E-state index in [-0.39, 0.29) is 35.2 Å². The number of benzene rings is 3. The summed E-state index contributed by atoms with van der Waals surface area (Å²) in [5.74, 6) is -0.403. The van der Waals surface area contributed by atoms with Crippen LogP contribution in [0.5, 0.6) is 0 Å². The number of likely N-dealkylation sites (tertiary alicyclic amines) is 1. The third-order valence-corrected chi connectivity index (χ3v) is 9.03. The second kappa shape index (κ2) is 8.17. The molecular weight excluding hydrogens is 489 g/mol. The van der Waals surface area contributed by atoms with Crippen molar-refractivity contribution in [2.75, 3.05) is 18.1 Å². The molecule has 2 aliphatic rings. The number of aromatic nitrogens is 2. The second-order valence-corrected chi connectivity index (χ2v) is 11.8. The van der Waals surface area contributed by atoms with Gasteiger partial charge >= 0.3 is 0 Å². The molecule has 1 aromatic heterocycles. The number of hydrogen-bond donors (Lipinski definition) is 0. The summed E-state index contributed by atoms with van der Waals surface area (Å²) in [4.78, 5) is 15.2. The van der Waals surface area contributed by atoms with Gasteiger partial charge in [0.15, 0.2) is 9.84 Å². The summed E-state index contributed by atoms with van der Waals surface area (Å²) in [7, 11) is -3.13. The molecule has 178 valence electrons. The number of rotatable bonds is 3. The molecule has 6 rings (SSSR count). The van der Waals surface area contributed by atoms with E-state index in [4.69, 9.17) is 16.7 Å². The Balaban J connectivity index is 1.47. The van der Waals surface area contributed by atoms with Crippen LogP contribution in [0.25, 0.3) is 27.8 Å². The van der Waals surface area contributed by atoms with Crippen molar-refractivity contribution >= 4 is 38.2 Å². The highest BCUT2D eigenvalue weighted by Gasteiger charge is 2.44. The van der Waals surface area contributed by atoms with Gasteiger partial charge in [0.2, 0.25) is 0 Å². The lowest BCUT2D eigenvalue weighted by molar-refractivity contribution is 0.0748. The molecule has 0 aliphatic carbocycles. The molecule has 0 N–H and O–H groups in total. The van der Waals surface area contributed by atoms with Crippen molar-refractivity contribution < 1.29 is 17.6 Å². The molecule has 0 spiro atoms. The van der Waals surface area contributed by atoms with Crippen molar-refractivity contribution in [1.82, 2.24) is 14.7 Å². The SMILES string of the molecule is O=C(c1ccc2c(-c3ccccc3Cl)nn(-c3ccc(F)cc3)c2c1)N1CC2CC1CS(=O)(=O)C2. The molecule has 6 nitrogen and oxygen atoms in total. The number of fused-ring (bicyclic) bond motifs is 3. The molecule has 2 unspecified atom stereocenters. The summed E-state index contributed by atoms with van der Waals surface area (Å²) in [5.41, 5.74) is 3.17. The third kappa shape index (κ3) is 3.90. The van der Waals surface area contributed by atoms with E-state index in [0.29, 0.717) is 34.0 Å². The van der Waals surface area contributed by atoms with E-state index in [1.54, 1.807) is 39.9 Å². The number of carbonyl (C=O) groups is 1. The Morgan fingerprint density at radius 3 is 2.57 bits per heavy atom. The number of carbonyl (C=O) groups excluding carboxylic acids is 1. The number of amides is 1. The minimum atomic E-state index is -3.13. The van der Waals surface area contributed by atoms with E-state index in [1.165, 1.54) is 12.1 Å². The summed E-state index contributed by atoms with van der Waals surface area (Å²) in [6.07, 6.45) is 0.720. The smallest absolute Gasteiger partial charge is 0.254 e. The van der Waals surface area contributed by atoms with Gasteiger partial charge in [-0.15, -0.1) is 0 Å². The molecule has 1 amide bonds. The molecule has 35 heavy (non-hydrogen) atoms. The first-order valence-electron chi connectivity index (χ1n) is 11.3. The van der Waals surface area contributed by atoms with Gasteiger partial charge in [0.05, 0.1) is 27.7 Å². The predicted molar refractivity (Wildman–Crippen MR) is 133 cm³/mol. The molecule has 2 saturated heterocycles. The highest BCUT2D eigenvalue weighted by atomic mass is 35.5. The van der Waals surface area contributed by atoms with Crippen LogP contribution in [0, 0.1) is 11.7 Å². The average Bonchev–Trinajstić information content (AvgIpc) is 3.35. The molecule has 2 bridgehead atoms. The summed E-state index contributed by atoms with van der Waals surface area (Å²) in [6.45, 7) is 0.447. The molecule has 9 heteroatoms. The Morgan fingerprint density at radius 2 is 1.80 bits per heavy atom. The van der Waals surface area contributed by atoms with Crippen LogP contribution in [0.4, 0.5) is 4.39 Å². The Kier molecular flexibility index (Phi) is 5.19. The van der Waals surface area contributed by atoms with Crippen molar-refractivity contribution in [3.63, 3.8) is 0 Å². The Labute approximate surface area is 206 Å². The molecule has 4 aromatic rings. The van der Waals surface area contributed by atoms with Crippen LogP contribution in [0.15, 0.2) is 66.7 Å². The fourth-order valence-corrected chi connectivity index (χ4v) is 7.53. The van der Waals surface area contributed by atoms with Crippen LogP contribution in [-0.2, 0) is 9.84 Å². The van der Waals surface area contributed by atoms with E-state index < -0.39 is 9.84 Å². The van der Waals surface area contributed by atoms with Crippen molar-refractivity contribution in [1.29, 1.82) is 0 Å². The molecule has 3 aromatic carbocycles. The second-order valence-electron chi connectivity index (χ2n) is 9.24. The zero-order valence-corrected chi connectivity index (χ0v) is 20.1. The van der Waals surface area contributed by atoms with Crippen LogP contribution < -0.4 is 0 Å². The summed E-state index contributed by atoms with van der Waals surface area (Å²) < 4.78 is 39.7. The van der Waals surface area contributed by atoms with Gasteiger partial charge in [-0.1, -0.05) is 29.8 Å². The first-order valence-corrected chi connectivity index (χ1v) is 13.5. The van der Waals surface area contributed by atoms with Gasteiger partial charge in [-0.25, -0.2) is 17.5 Å². The maximum atomic E-state index is 13.6. The van der Waals surface area contributed by atoms with E-state index in [1.807, 2.05) is 24.3 Å².